The van der Waals surface area contributed by atoms with Gasteiger partial charge in [-0.2, -0.15) is 0 Å². The van der Waals surface area contributed by atoms with Crippen LogP contribution in [0.2, 0.25) is 0 Å². The third-order valence-corrected chi connectivity index (χ3v) is 6.06. The highest BCUT2D eigenvalue weighted by Gasteiger charge is 2.26. The molecule has 34 heavy (non-hydrogen) atoms. The van der Waals surface area contributed by atoms with Gasteiger partial charge in [0.1, 0.15) is 0 Å². The highest BCUT2D eigenvalue weighted by atomic mass is 16.4. The van der Waals surface area contributed by atoms with Crippen molar-refractivity contribution >= 4 is 35.9 Å². The van der Waals surface area contributed by atoms with Crippen molar-refractivity contribution in [3.05, 3.63) is 68.9 Å². The van der Waals surface area contributed by atoms with Gasteiger partial charge in [-0.1, -0.05) is 12.7 Å². The first kappa shape index (κ1) is 24.5. The van der Waals surface area contributed by atoms with Gasteiger partial charge in [-0.15, -0.1) is 0 Å². The van der Waals surface area contributed by atoms with Gasteiger partial charge in [-0.3, -0.25) is 19.2 Å². The molecule has 0 saturated heterocycles. The van der Waals surface area contributed by atoms with Gasteiger partial charge in [-0.25, -0.2) is 0 Å². The van der Waals surface area contributed by atoms with E-state index in [2.05, 4.69) is 22.2 Å². The number of carboxylic acid groups (broad SMARTS) is 2. The Morgan fingerprint density at radius 1 is 0.853 bits per heavy atom. The molecule has 0 atom stereocenters. The molecule has 9 heteroatoms. The Morgan fingerprint density at radius 2 is 1.41 bits per heavy atom. The number of hydrogen-bond donors (Lipinski definition) is 5. The van der Waals surface area contributed by atoms with Gasteiger partial charge in [0.25, 0.3) is 11.8 Å². The fourth-order valence-corrected chi connectivity index (χ4v) is 4.08. The second-order valence-electron chi connectivity index (χ2n) is 8.21. The van der Waals surface area contributed by atoms with Crippen LogP contribution >= 0.6 is 0 Å². The van der Waals surface area contributed by atoms with Crippen molar-refractivity contribution in [2.45, 2.75) is 46.5 Å². The smallest absolute Gasteiger partial charge is 0.303 e. The minimum absolute atomic E-state index is 0.0916. The molecule has 0 aliphatic carbocycles. The molecular weight excluding hydrogens is 438 g/mol. The lowest BCUT2D eigenvalue weighted by Crippen LogP contribution is -2.15. The summed E-state index contributed by atoms with van der Waals surface area (Å²) in [7, 11) is 0. The largest absolute Gasteiger partial charge is 0.481 e. The molecule has 2 amide bonds. The number of nitrogens with one attached hydrogen (secondary N) is 3. The minimum atomic E-state index is -0.967. The van der Waals surface area contributed by atoms with E-state index < -0.39 is 11.9 Å². The summed E-state index contributed by atoms with van der Waals surface area (Å²) < 4.78 is 0. The van der Waals surface area contributed by atoms with E-state index in [-0.39, 0.29) is 37.5 Å². The fraction of sp³-hybridized carbons (Fsp3) is 0.280. The summed E-state index contributed by atoms with van der Waals surface area (Å²) in [6.45, 7) is 8.97. The van der Waals surface area contributed by atoms with E-state index in [0.717, 1.165) is 11.1 Å². The SMILES string of the molecule is C=CC1=C(C)C(=O)N/C1=C/c1[nH]c(/C=C2/NC(=O)C(C)=C2CCC(=O)O)c(CCC(=O)O)c1C. The highest BCUT2D eigenvalue weighted by Crippen LogP contribution is 2.31. The van der Waals surface area contributed by atoms with Crippen molar-refractivity contribution in [1.82, 2.24) is 15.6 Å². The van der Waals surface area contributed by atoms with Gasteiger partial charge in [0.2, 0.25) is 0 Å². The summed E-state index contributed by atoms with van der Waals surface area (Å²) in [5, 5.41) is 23.9. The lowest BCUT2D eigenvalue weighted by molar-refractivity contribution is -0.138. The maximum Gasteiger partial charge on any atom is 0.303 e. The standard InChI is InChI=1S/C25H27N3O6/c1-5-15-13(3)24(33)27-19(15)10-18-12(2)16(6-8-22(29)30)20(26-18)11-21-17(7-9-23(31)32)14(4)25(34)28-21/h5,10-11,26H,1,6-9H2,2-4H3,(H,27,33)(H,28,34)(H,29,30)(H,31,32)/b19-10+,21-11+. The number of allylic oxidation sites excluding steroid dienone is 2. The molecule has 0 radical (unpaired) electrons. The molecule has 2 aliphatic heterocycles. The molecule has 3 heterocycles. The molecule has 1 aromatic rings. The third-order valence-electron chi connectivity index (χ3n) is 6.06. The van der Waals surface area contributed by atoms with Crippen LogP contribution in [0.1, 0.15) is 55.6 Å². The van der Waals surface area contributed by atoms with Crippen molar-refractivity contribution in [3.8, 4) is 0 Å². The minimum Gasteiger partial charge on any atom is -0.481 e. The molecule has 0 unspecified atom stereocenters. The Hall–Kier alpha value is -4.14. The van der Waals surface area contributed by atoms with Gasteiger partial charge in [-0.05, 0) is 62.5 Å². The molecule has 0 bridgehead atoms. The Morgan fingerprint density at radius 3 is 2.03 bits per heavy atom. The maximum absolute atomic E-state index is 12.3. The number of amides is 2. The molecule has 0 saturated carbocycles. The van der Waals surface area contributed by atoms with Crippen LogP contribution in [0.3, 0.4) is 0 Å². The van der Waals surface area contributed by atoms with Crippen LogP contribution in [0.5, 0.6) is 0 Å². The number of hydrogen-bond acceptors (Lipinski definition) is 4. The second kappa shape index (κ2) is 9.78. The maximum atomic E-state index is 12.3. The molecule has 3 rings (SSSR count). The Balaban J connectivity index is 2.08. The van der Waals surface area contributed by atoms with Crippen molar-refractivity contribution in [2.24, 2.45) is 0 Å². The van der Waals surface area contributed by atoms with E-state index in [0.29, 0.717) is 45.1 Å². The molecule has 2 aliphatic rings. The number of aromatic nitrogens is 1. The molecular formula is C25H27N3O6. The predicted octanol–water partition coefficient (Wildman–Crippen LogP) is 2.97. The number of carbonyl (C=O) groups excluding carboxylic acids is 2. The summed E-state index contributed by atoms with van der Waals surface area (Å²) in [6, 6.07) is 0. The summed E-state index contributed by atoms with van der Waals surface area (Å²) >= 11 is 0. The van der Waals surface area contributed by atoms with Gasteiger partial charge >= 0.3 is 11.9 Å². The zero-order valence-corrected chi connectivity index (χ0v) is 19.3. The lowest BCUT2D eigenvalue weighted by Gasteiger charge is -2.06. The fourth-order valence-electron chi connectivity index (χ4n) is 4.08. The van der Waals surface area contributed by atoms with Crippen LogP contribution in [-0.2, 0) is 25.6 Å². The van der Waals surface area contributed by atoms with Gasteiger partial charge in [0, 0.05) is 46.6 Å². The van der Waals surface area contributed by atoms with Crippen LogP contribution in [-0.4, -0.2) is 39.0 Å². The van der Waals surface area contributed by atoms with Crippen LogP contribution in [0, 0.1) is 6.92 Å². The molecule has 178 valence electrons. The van der Waals surface area contributed by atoms with Crippen LogP contribution < -0.4 is 10.6 Å². The summed E-state index contributed by atoms with van der Waals surface area (Å²) in [6.07, 6.45) is 5.30. The van der Waals surface area contributed by atoms with Crippen molar-refractivity contribution in [2.75, 3.05) is 0 Å². The quantitative estimate of drug-likeness (QED) is 0.379. The van der Waals surface area contributed by atoms with E-state index in [1.54, 1.807) is 32.1 Å². The summed E-state index contributed by atoms with van der Waals surface area (Å²) in [5.41, 5.74) is 6.20. The number of carbonyl (C=O) groups is 4. The first-order valence-corrected chi connectivity index (χ1v) is 10.8. The molecule has 0 aromatic carbocycles. The van der Waals surface area contributed by atoms with Crippen molar-refractivity contribution in [3.63, 3.8) is 0 Å². The molecule has 1 aromatic heterocycles. The van der Waals surface area contributed by atoms with E-state index in [1.165, 1.54) is 0 Å². The molecule has 0 spiro atoms. The normalized spacial score (nSPS) is 18.2. The molecule has 5 N–H and O–H groups in total. The number of H-pyrrole nitrogens is 1. The first-order chi connectivity index (χ1) is 16.0. The average Bonchev–Trinajstić information content (AvgIpc) is 3.31. The molecule has 0 fully saturated rings. The van der Waals surface area contributed by atoms with Gasteiger partial charge in [0.15, 0.2) is 0 Å². The van der Waals surface area contributed by atoms with E-state index >= 15 is 0 Å². The Labute approximate surface area is 196 Å². The third kappa shape index (κ3) is 4.93. The average molecular weight is 466 g/mol. The number of carboxylic acids is 2. The van der Waals surface area contributed by atoms with Gasteiger partial charge < -0.3 is 25.8 Å². The first-order valence-electron chi connectivity index (χ1n) is 10.8. The summed E-state index contributed by atoms with van der Waals surface area (Å²) in [4.78, 5) is 49.9. The highest BCUT2D eigenvalue weighted by molar-refractivity contribution is 6.02. The lowest BCUT2D eigenvalue weighted by atomic mass is 10.0. The van der Waals surface area contributed by atoms with Crippen LogP contribution in [0.4, 0.5) is 0 Å². The van der Waals surface area contributed by atoms with Crippen LogP contribution in [0.15, 0.2) is 46.3 Å². The van der Waals surface area contributed by atoms with Crippen molar-refractivity contribution < 1.29 is 29.4 Å². The second-order valence-corrected chi connectivity index (χ2v) is 8.21. The van der Waals surface area contributed by atoms with Gasteiger partial charge in [0.05, 0.1) is 5.70 Å². The van der Waals surface area contributed by atoms with Crippen LogP contribution in [0.25, 0.3) is 12.2 Å². The number of aliphatic carboxylic acids is 2. The number of aromatic amines is 1. The Bertz CT molecular complexity index is 1240. The van der Waals surface area contributed by atoms with E-state index in [1.807, 2.05) is 6.92 Å². The van der Waals surface area contributed by atoms with E-state index in [4.69, 9.17) is 5.11 Å². The predicted molar refractivity (Wildman–Crippen MR) is 126 cm³/mol. The molecule has 9 nitrogen and oxygen atoms in total. The number of rotatable bonds is 9. The zero-order valence-electron chi connectivity index (χ0n) is 19.3. The zero-order chi connectivity index (χ0) is 25.2. The Kier molecular flexibility index (Phi) is 7.05. The van der Waals surface area contributed by atoms with E-state index in [9.17, 15) is 24.3 Å². The summed E-state index contributed by atoms with van der Waals surface area (Å²) in [5.74, 6) is -2.42. The van der Waals surface area contributed by atoms with Crippen molar-refractivity contribution in [1.29, 1.82) is 0 Å². The topological polar surface area (TPSA) is 149 Å². The monoisotopic (exact) mass is 465 g/mol.